The molecule has 0 aromatic heterocycles. The van der Waals surface area contributed by atoms with Crippen molar-refractivity contribution in [3.8, 4) is 5.75 Å². The minimum Gasteiger partial charge on any atom is -0.507 e. The first-order valence-electron chi connectivity index (χ1n) is 17.4. The van der Waals surface area contributed by atoms with E-state index < -0.39 is 84.8 Å². The van der Waals surface area contributed by atoms with Crippen LogP contribution in [0.15, 0.2) is 30.3 Å². The molecule has 0 saturated carbocycles. The Bertz CT molecular complexity index is 1690. The van der Waals surface area contributed by atoms with Gasteiger partial charge in [-0.25, -0.2) is 4.79 Å². The molecule has 52 heavy (non-hydrogen) atoms. The third kappa shape index (κ3) is 8.09. The van der Waals surface area contributed by atoms with Crippen molar-refractivity contribution in [1.29, 1.82) is 0 Å². The van der Waals surface area contributed by atoms with Crippen LogP contribution in [-0.2, 0) is 28.6 Å². The lowest BCUT2D eigenvalue weighted by Gasteiger charge is -2.48. The molecule has 3 heterocycles. The highest BCUT2D eigenvalue weighted by Crippen LogP contribution is 2.46. The fourth-order valence-electron chi connectivity index (χ4n) is 7.43. The first kappa shape index (κ1) is 39.1. The van der Waals surface area contributed by atoms with Crippen LogP contribution in [0.25, 0.3) is 0 Å². The Morgan fingerprint density at radius 3 is 2.29 bits per heavy atom. The quantitative estimate of drug-likeness (QED) is 0.176. The van der Waals surface area contributed by atoms with E-state index in [1.54, 1.807) is 32.6 Å². The van der Waals surface area contributed by atoms with Gasteiger partial charge in [-0.2, -0.15) is 0 Å². The number of hydrogen-bond acceptors (Lipinski definition) is 11. The average Bonchev–Trinajstić information content (AvgIpc) is 3.63. The van der Waals surface area contributed by atoms with Gasteiger partial charge in [0.2, 0.25) is 11.8 Å². The van der Waals surface area contributed by atoms with Gasteiger partial charge in [0.25, 0.3) is 5.91 Å². The van der Waals surface area contributed by atoms with E-state index in [1.165, 1.54) is 19.1 Å². The number of nitrogens with zero attached hydrogens (tertiary/aromatic N) is 1. The summed E-state index contributed by atoms with van der Waals surface area (Å²) in [7, 11) is 0. The second-order valence-corrected chi connectivity index (χ2v) is 14.6. The van der Waals surface area contributed by atoms with Crippen LogP contribution < -0.4 is 15.5 Å². The minimum atomic E-state index is -2.20. The monoisotopic (exact) mass is 727 g/mol. The Morgan fingerprint density at radius 2 is 1.69 bits per heavy atom. The summed E-state index contributed by atoms with van der Waals surface area (Å²) in [6.07, 6.45) is -8.36. The van der Waals surface area contributed by atoms with E-state index >= 15 is 0 Å². The Kier molecular flexibility index (Phi) is 11.3. The normalized spacial score (nSPS) is 28.4. The third-order valence-electron chi connectivity index (χ3n) is 10.0. The van der Waals surface area contributed by atoms with E-state index in [1.807, 2.05) is 25.1 Å². The van der Waals surface area contributed by atoms with Crippen LogP contribution in [0.4, 0.5) is 5.69 Å². The molecule has 2 aromatic rings. The van der Waals surface area contributed by atoms with Crippen LogP contribution in [0.1, 0.15) is 85.2 Å². The lowest BCUT2D eigenvalue weighted by Crippen LogP contribution is -2.68. The van der Waals surface area contributed by atoms with Gasteiger partial charge in [0, 0.05) is 50.5 Å². The van der Waals surface area contributed by atoms with Crippen molar-refractivity contribution in [2.24, 2.45) is 0 Å². The molecule has 3 amide bonds. The Balaban J connectivity index is 1.41. The number of carboxylic acid groups (broad SMARTS) is 1. The number of rotatable bonds is 11. The van der Waals surface area contributed by atoms with Gasteiger partial charge in [-0.1, -0.05) is 12.1 Å². The van der Waals surface area contributed by atoms with Crippen molar-refractivity contribution < 1.29 is 58.9 Å². The zero-order valence-electron chi connectivity index (χ0n) is 30.2. The fraction of sp³-hybridized carbons (Fsp3) is 0.568. The fourth-order valence-corrected chi connectivity index (χ4v) is 7.43. The van der Waals surface area contributed by atoms with Crippen molar-refractivity contribution >= 4 is 29.4 Å². The second-order valence-electron chi connectivity index (χ2n) is 14.6. The Labute approximate surface area is 301 Å². The summed E-state index contributed by atoms with van der Waals surface area (Å²) in [6, 6.07) is 7.08. The van der Waals surface area contributed by atoms with Crippen molar-refractivity contribution in [1.82, 2.24) is 10.6 Å². The standard InChI is InChI=1S/C37H49N3O12/c1-18-9-10-22(14-24(18)40-11-7-8-28(40)44)32-27(50-36(5,6)51-32)16-37(35(48)49)15-25(42)29(39-21(4)41)33(52-37)31(46)26(43)17-38-34(47)23-12-19(2)30(45)20(3)13-23/h9-10,12-14,25-27,29,31-33,42-43,45-46H,7-8,11,15-17H2,1-6H3,(H,38,47)(H,39,41)(H,48,49)/t25-,26+,27?,29+,31+,32-,33+,37-/m0/s1. The number of ether oxygens (including phenoxy) is 3. The van der Waals surface area contributed by atoms with Crippen LogP contribution in [0.2, 0.25) is 0 Å². The van der Waals surface area contributed by atoms with Crippen molar-refractivity contribution in [3.05, 3.63) is 58.1 Å². The Morgan fingerprint density at radius 1 is 1.02 bits per heavy atom. The van der Waals surface area contributed by atoms with Crippen molar-refractivity contribution in [3.63, 3.8) is 0 Å². The summed E-state index contributed by atoms with van der Waals surface area (Å²) in [6.45, 7) is 9.73. The minimum absolute atomic E-state index is 0.000712. The summed E-state index contributed by atoms with van der Waals surface area (Å²) in [5.41, 5.74) is 1.14. The first-order chi connectivity index (χ1) is 24.3. The first-order valence-corrected chi connectivity index (χ1v) is 17.4. The highest BCUT2D eigenvalue weighted by molar-refractivity contribution is 5.96. The van der Waals surface area contributed by atoms with Gasteiger partial charge >= 0.3 is 5.97 Å². The van der Waals surface area contributed by atoms with Gasteiger partial charge in [-0.15, -0.1) is 0 Å². The lowest BCUT2D eigenvalue weighted by molar-refractivity contribution is -0.236. The molecule has 15 heteroatoms. The van der Waals surface area contributed by atoms with Gasteiger partial charge in [0.1, 0.15) is 24.1 Å². The van der Waals surface area contributed by atoms with Gasteiger partial charge in [-0.3, -0.25) is 14.4 Å². The highest BCUT2D eigenvalue weighted by atomic mass is 16.8. The topological polar surface area (TPSA) is 224 Å². The predicted octanol–water partition coefficient (Wildman–Crippen LogP) is 1.66. The number of anilines is 1. The van der Waals surface area contributed by atoms with E-state index in [-0.39, 0.29) is 23.6 Å². The zero-order valence-corrected chi connectivity index (χ0v) is 30.2. The molecule has 3 aliphatic heterocycles. The van der Waals surface area contributed by atoms with Crippen LogP contribution in [-0.4, -0.2) is 110 Å². The molecular formula is C37H49N3O12. The number of carbonyl (C=O) groups is 4. The molecule has 0 spiro atoms. The molecule has 2 aromatic carbocycles. The molecular weight excluding hydrogens is 678 g/mol. The number of nitrogens with one attached hydrogen (secondary N) is 2. The molecule has 284 valence electrons. The van der Waals surface area contributed by atoms with E-state index in [4.69, 9.17) is 14.2 Å². The molecule has 5 rings (SSSR count). The summed E-state index contributed by atoms with van der Waals surface area (Å²) in [5, 5.41) is 59.6. The van der Waals surface area contributed by atoms with E-state index in [0.717, 1.165) is 12.0 Å². The summed E-state index contributed by atoms with van der Waals surface area (Å²) in [5.74, 6) is -3.82. The third-order valence-corrected chi connectivity index (χ3v) is 10.0. The largest absolute Gasteiger partial charge is 0.507 e. The maximum absolute atomic E-state index is 13.2. The molecule has 3 saturated heterocycles. The number of amides is 3. The number of phenols is 1. The zero-order chi connectivity index (χ0) is 38.3. The summed E-state index contributed by atoms with van der Waals surface area (Å²) in [4.78, 5) is 52.6. The van der Waals surface area contributed by atoms with Crippen LogP contribution >= 0.6 is 0 Å². The molecule has 0 bridgehead atoms. The molecule has 8 atom stereocenters. The van der Waals surface area contributed by atoms with E-state index in [2.05, 4.69) is 10.6 Å². The number of aryl methyl sites for hydroxylation is 3. The van der Waals surface area contributed by atoms with E-state index in [0.29, 0.717) is 35.3 Å². The van der Waals surface area contributed by atoms with Crippen molar-refractivity contribution in [2.75, 3.05) is 18.0 Å². The van der Waals surface area contributed by atoms with Crippen LogP contribution in [0, 0.1) is 20.8 Å². The number of carbonyl (C=O) groups excluding carboxylic acids is 3. The van der Waals surface area contributed by atoms with E-state index in [9.17, 15) is 44.7 Å². The van der Waals surface area contributed by atoms with Gasteiger partial charge < -0.3 is 55.3 Å². The average molecular weight is 728 g/mol. The molecule has 3 fully saturated rings. The summed E-state index contributed by atoms with van der Waals surface area (Å²) < 4.78 is 18.7. The van der Waals surface area contributed by atoms with Crippen molar-refractivity contribution in [2.45, 2.75) is 121 Å². The number of aromatic hydroxyl groups is 1. The summed E-state index contributed by atoms with van der Waals surface area (Å²) >= 11 is 0. The molecule has 3 aliphatic rings. The van der Waals surface area contributed by atoms with Gasteiger partial charge in [0.15, 0.2) is 11.4 Å². The van der Waals surface area contributed by atoms with Gasteiger partial charge in [0.05, 0.1) is 24.4 Å². The molecule has 15 nitrogen and oxygen atoms in total. The molecule has 7 N–H and O–H groups in total. The smallest absolute Gasteiger partial charge is 0.336 e. The SMILES string of the molecule is CC(=O)N[C@H]1[C@H]([C@H](O)[C@H](O)CNC(=O)c2cc(C)c(O)c(C)c2)O[C@@](CC2OC(C)(C)O[C@H]2c2ccc(C)c(N3CCCC3=O)c2)(C(=O)O)C[C@@H]1O. The molecule has 0 radical (unpaired) electrons. The molecule has 0 aliphatic carbocycles. The number of aliphatic hydroxyl groups is 3. The Hall–Kier alpha value is -4.12. The number of hydrogen-bond donors (Lipinski definition) is 7. The number of aliphatic carboxylic acids is 1. The predicted molar refractivity (Wildman–Crippen MR) is 186 cm³/mol. The van der Waals surface area contributed by atoms with Crippen LogP contribution in [0.3, 0.4) is 0 Å². The maximum atomic E-state index is 13.2. The number of carboxylic acids is 1. The highest BCUT2D eigenvalue weighted by Gasteiger charge is 2.57. The number of benzene rings is 2. The second kappa shape index (κ2) is 15.1. The van der Waals surface area contributed by atoms with Gasteiger partial charge in [-0.05, 0) is 81.5 Å². The molecule has 1 unspecified atom stereocenters. The maximum Gasteiger partial charge on any atom is 0.336 e. The number of aliphatic hydroxyl groups excluding tert-OH is 3. The number of phenolic OH excluding ortho intramolecular Hbond substituents is 1. The lowest BCUT2D eigenvalue weighted by atomic mass is 9.79. The van der Waals surface area contributed by atoms with Crippen LogP contribution in [0.5, 0.6) is 5.75 Å².